The number of carbonyl (C=O) groups excluding carboxylic acids is 1. The van der Waals surface area contributed by atoms with Crippen LogP contribution < -0.4 is 11.1 Å². The third-order valence-electron chi connectivity index (χ3n) is 3.50. The number of nitrogens with zero attached hydrogens (tertiary/aromatic N) is 1. The Hall–Kier alpha value is -0.650. The molecule has 0 aromatic heterocycles. The zero-order valence-corrected chi connectivity index (χ0v) is 10.2. The standard InChI is InChI=1S/C11H23N3O2/c1-3-11(16,4-2)8-14-6-5-13-7-9(14)10(12)15/h9,13,16H,3-8H2,1-2H3,(H2,12,15). The lowest BCUT2D eigenvalue weighted by Gasteiger charge is -2.39. The van der Waals surface area contributed by atoms with E-state index >= 15 is 0 Å². The van der Waals surface area contributed by atoms with Crippen molar-refractivity contribution in [3.05, 3.63) is 0 Å². The lowest BCUT2D eigenvalue weighted by molar-refractivity contribution is -0.125. The monoisotopic (exact) mass is 229 g/mol. The molecule has 0 aromatic carbocycles. The van der Waals surface area contributed by atoms with Crippen molar-refractivity contribution in [1.82, 2.24) is 10.2 Å². The van der Waals surface area contributed by atoms with Gasteiger partial charge >= 0.3 is 0 Å². The van der Waals surface area contributed by atoms with Crippen LogP contribution in [0.25, 0.3) is 0 Å². The van der Waals surface area contributed by atoms with Crippen molar-refractivity contribution in [3.63, 3.8) is 0 Å². The summed E-state index contributed by atoms with van der Waals surface area (Å²) in [5.74, 6) is -0.318. The maximum absolute atomic E-state index is 11.3. The number of primary amides is 1. The number of amides is 1. The van der Waals surface area contributed by atoms with Crippen molar-refractivity contribution in [1.29, 1.82) is 0 Å². The third kappa shape index (κ3) is 3.17. The van der Waals surface area contributed by atoms with E-state index < -0.39 is 5.60 Å². The molecule has 1 aliphatic heterocycles. The molecule has 0 radical (unpaired) electrons. The van der Waals surface area contributed by atoms with E-state index in [9.17, 15) is 9.90 Å². The highest BCUT2D eigenvalue weighted by Gasteiger charge is 2.33. The molecular weight excluding hydrogens is 206 g/mol. The van der Waals surface area contributed by atoms with Crippen LogP contribution in [0.3, 0.4) is 0 Å². The average molecular weight is 229 g/mol. The average Bonchev–Trinajstić information content (AvgIpc) is 2.29. The number of carbonyl (C=O) groups is 1. The number of aliphatic hydroxyl groups is 1. The summed E-state index contributed by atoms with van der Waals surface area (Å²) in [7, 11) is 0. The summed E-state index contributed by atoms with van der Waals surface area (Å²) >= 11 is 0. The molecule has 0 bridgehead atoms. The van der Waals surface area contributed by atoms with Crippen molar-refractivity contribution in [2.45, 2.75) is 38.3 Å². The van der Waals surface area contributed by atoms with Gasteiger partial charge < -0.3 is 16.2 Å². The smallest absolute Gasteiger partial charge is 0.236 e. The van der Waals surface area contributed by atoms with Gasteiger partial charge in [0.15, 0.2) is 0 Å². The fraction of sp³-hybridized carbons (Fsp3) is 0.909. The molecule has 94 valence electrons. The normalized spacial score (nSPS) is 23.3. The van der Waals surface area contributed by atoms with E-state index in [-0.39, 0.29) is 11.9 Å². The molecule has 1 aliphatic rings. The van der Waals surface area contributed by atoms with E-state index in [4.69, 9.17) is 5.73 Å². The van der Waals surface area contributed by atoms with Gasteiger partial charge in [0.2, 0.25) is 5.91 Å². The number of rotatable bonds is 5. The first-order valence-electron chi connectivity index (χ1n) is 5.99. The third-order valence-corrected chi connectivity index (χ3v) is 3.50. The van der Waals surface area contributed by atoms with E-state index in [1.807, 2.05) is 18.7 Å². The van der Waals surface area contributed by atoms with Gasteiger partial charge in [-0.3, -0.25) is 9.69 Å². The Labute approximate surface area is 97.0 Å². The summed E-state index contributed by atoms with van der Waals surface area (Å²) < 4.78 is 0. The van der Waals surface area contributed by atoms with E-state index in [0.29, 0.717) is 25.9 Å². The molecule has 0 spiro atoms. The Balaban J connectivity index is 2.65. The summed E-state index contributed by atoms with van der Waals surface area (Å²) in [6.07, 6.45) is 1.39. The molecule has 0 aromatic rings. The van der Waals surface area contributed by atoms with Crippen LogP contribution in [0.2, 0.25) is 0 Å². The molecule has 5 nitrogen and oxygen atoms in total. The summed E-state index contributed by atoms with van der Waals surface area (Å²) in [5, 5.41) is 13.4. The summed E-state index contributed by atoms with van der Waals surface area (Å²) in [5.41, 5.74) is 4.65. The fourth-order valence-corrected chi connectivity index (χ4v) is 2.07. The number of β-amino-alcohol motifs (C(OH)–C–C–N with tert-alkyl or cyclic N) is 1. The molecule has 5 heteroatoms. The number of hydrogen-bond acceptors (Lipinski definition) is 4. The fourth-order valence-electron chi connectivity index (χ4n) is 2.07. The SMILES string of the molecule is CCC(O)(CC)CN1CCNCC1C(N)=O. The van der Waals surface area contributed by atoms with Crippen molar-refractivity contribution < 1.29 is 9.90 Å². The zero-order chi connectivity index (χ0) is 12.2. The van der Waals surface area contributed by atoms with Gasteiger partial charge in [0.05, 0.1) is 5.60 Å². The Morgan fingerprint density at radius 2 is 2.19 bits per heavy atom. The van der Waals surface area contributed by atoms with E-state index in [1.165, 1.54) is 0 Å². The summed E-state index contributed by atoms with van der Waals surface area (Å²) in [6, 6.07) is -0.293. The Morgan fingerprint density at radius 3 is 2.69 bits per heavy atom. The maximum Gasteiger partial charge on any atom is 0.236 e. The van der Waals surface area contributed by atoms with Crippen LogP contribution in [-0.4, -0.2) is 53.7 Å². The van der Waals surface area contributed by atoms with Crippen LogP contribution in [-0.2, 0) is 4.79 Å². The zero-order valence-electron chi connectivity index (χ0n) is 10.2. The number of nitrogens with one attached hydrogen (secondary N) is 1. The molecule has 1 atom stereocenters. The topological polar surface area (TPSA) is 78.6 Å². The van der Waals surface area contributed by atoms with Crippen LogP contribution in [0.4, 0.5) is 0 Å². The van der Waals surface area contributed by atoms with Crippen molar-refractivity contribution in [2.24, 2.45) is 5.73 Å². The van der Waals surface area contributed by atoms with Crippen LogP contribution in [0.5, 0.6) is 0 Å². The summed E-state index contributed by atoms with van der Waals surface area (Å²) in [4.78, 5) is 13.3. The van der Waals surface area contributed by atoms with Gasteiger partial charge in [-0.05, 0) is 12.8 Å². The Kier molecular flexibility index (Phi) is 4.70. The molecule has 1 fully saturated rings. The minimum absolute atomic E-state index is 0.293. The first-order valence-corrected chi connectivity index (χ1v) is 5.99. The van der Waals surface area contributed by atoms with Crippen LogP contribution >= 0.6 is 0 Å². The second-order valence-electron chi connectivity index (χ2n) is 4.52. The molecular formula is C11H23N3O2. The van der Waals surface area contributed by atoms with Crippen LogP contribution in [0, 0.1) is 0 Å². The molecule has 1 unspecified atom stereocenters. The predicted octanol–water partition coefficient (Wildman–Crippen LogP) is -0.703. The van der Waals surface area contributed by atoms with Gasteiger partial charge in [0, 0.05) is 26.2 Å². The van der Waals surface area contributed by atoms with Crippen molar-refractivity contribution in [3.8, 4) is 0 Å². The molecule has 1 amide bonds. The number of piperazine rings is 1. The quantitative estimate of drug-likeness (QED) is 0.582. The minimum Gasteiger partial charge on any atom is -0.389 e. The lowest BCUT2D eigenvalue weighted by atomic mass is 9.95. The largest absolute Gasteiger partial charge is 0.389 e. The van der Waals surface area contributed by atoms with Crippen LogP contribution in [0.1, 0.15) is 26.7 Å². The molecule has 1 heterocycles. The maximum atomic E-state index is 11.3. The highest BCUT2D eigenvalue weighted by Crippen LogP contribution is 2.18. The van der Waals surface area contributed by atoms with Gasteiger partial charge in [-0.15, -0.1) is 0 Å². The van der Waals surface area contributed by atoms with E-state index in [0.717, 1.165) is 13.1 Å². The van der Waals surface area contributed by atoms with E-state index in [2.05, 4.69) is 5.32 Å². The van der Waals surface area contributed by atoms with Crippen molar-refractivity contribution >= 4 is 5.91 Å². The Morgan fingerprint density at radius 1 is 1.56 bits per heavy atom. The molecule has 1 saturated heterocycles. The second-order valence-corrected chi connectivity index (χ2v) is 4.52. The van der Waals surface area contributed by atoms with Gasteiger partial charge in [-0.25, -0.2) is 0 Å². The van der Waals surface area contributed by atoms with Gasteiger partial charge in [-0.2, -0.15) is 0 Å². The molecule has 4 N–H and O–H groups in total. The number of hydrogen-bond donors (Lipinski definition) is 3. The second kappa shape index (κ2) is 5.61. The highest BCUT2D eigenvalue weighted by molar-refractivity contribution is 5.80. The number of nitrogens with two attached hydrogens (primary N) is 1. The van der Waals surface area contributed by atoms with Crippen LogP contribution in [0.15, 0.2) is 0 Å². The van der Waals surface area contributed by atoms with Gasteiger partial charge in [0.1, 0.15) is 6.04 Å². The minimum atomic E-state index is -0.703. The molecule has 0 saturated carbocycles. The Bertz CT molecular complexity index is 241. The summed E-state index contributed by atoms with van der Waals surface area (Å²) in [6.45, 7) is 6.63. The predicted molar refractivity (Wildman–Crippen MR) is 63.0 cm³/mol. The van der Waals surface area contributed by atoms with Gasteiger partial charge in [-0.1, -0.05) is 13.8 Å². The van der Waals surface area contributed by atoms with Crippen molar-refractivity contribution in [2.75, 3.05) is 26.2 Å². The first-order chi connectivity index (χ1) is 7.52. The van der Waals surface area contributed by atoms with Gasteiger partial charge in [0.25, 0.3) is 0 Å². The highest BCUT2D eigenvalue weighted by atomic mass is 16.3. The molecule has 1 rings (SSSR count). The first kappa shape index (κ1) is 13.4. The lowest BCUT2D eigenvalue weighted by Crippen LogP contribution is -2.60. The molecule has 16 heavy (non-hydrogen) atoms. The molecule has 0 aliphatic carbocycles. The van der Waals surface area contributed by atoms with E-state index in [1.54, 1.807) is 0 Å².